The summed E-state index contributed by atoms with van der Waals surface area (Å²) in [7, 11) is 0. The quantitative estimate of drug-likeness (QED) is 0.806. The fourth-order valence-electron chi connectivity index (χ4n) is 2.66. The number of fused-ring (bicyclic) bond motifs is 1. The molecule has 1 heterocycles. The molecule has 1 amide bonds. The first-order valence-corrected chi connectivity index (χ1v) is 7.57. The number of aromatic nitrogens is 1. The molecule has 3 aromatic rings. The van der Waals surface area contributed by atoms with Crippen molar-refractivity contribution in [3.05, 3.63) is 82.6 Å². The fraction of sp³-hybridized carbons (Fsp3) is 0.158. The molecule has 0 spiro atoms. The van der Waals surface area contributed by atoms with Gasteiger partial charge in [0.05, 0.1) is 11.6 Å². The average molecular weight is 306 g/mol. The van der Waals surface area contributed by atoms with Gasteiger partial charge in [-0.3, -0.25) is 9.59 Å². The molecule has 3 rings (SSSR count). The van der Waals surface area contributed by atoms with Crippen LogP contribution in [0.25, 0.3) is 10.9 Å². The van der Waals surface area contributed by atoms with Gasteiger partial charge in [0, 0.05) is 17.6 Å². The van der Waals surface area contributed by atoms with Crippen molar-refractivity contribution in [2.24, 2.45) is 0 Å². The second-order valence-electron chi connectivity index (χ2n) is 5.52. The van der Waals surface area contributed by atoms with Gasteiger partial charge in [0.1, 0.15) is 6.54 Å². The van der Waals surface area contributed by atoms with E-state index in [9.17, 15) is 9.59 Å². The Morgan fingerprint density at radius 3 is 2.52 bits per heavy atom. The number of para-hydroxylation sites is 1. The molecule has 2 aromatic carbocycles. The Morgan fingerprint density at radius 2 is 1.74 bits per heavy atom. The highest BCUT2D eigenvalue weighted by atomic mass is 16.2. The van der Waals surface area contributed by atoms with E-state index in [1.54, 1.807) is 16.8 Å². The Morgan fingerprint density at radius 1 is 1.04 bits per heavy atom. The minimum atomic E-state index is -0.0878. The smallest absolute Gasteiger partial charge is 0.240 e. The van der Waals surface area contributed by atoms with Gasteiger partial charge < -0.3 is 9.88 Å². The van der Waals surface area contributed by atoms with Crippen molar-refractivity contribution in [3.8, 4) is 0 Å². The Kier molecular flexibility index (Phi) is 4.24. The van der Waals surface area contributed by atoms with Gasteiger partial charge in [0.2, 0.25) is 5.91 Å². The second kappa shape index (κ2) is 6.48. The van der Waals surface area contributed by atoms with E-state index in [1.165, 1.54) is 6.07 Å². The predicted molar refractivity (Wildman–Crippen MR) is 91.2 cm³/mol. The van der Waals surface area contributed by atoms with Gasteiger partial charge in [-0.05, 0) is 24.6 Å². The van der Waals surface area contributed by atoms with Crippen LogP contribution in [0, 0.1) is 0 Å². The molecule has 1 aromatic heterocycles. The van der Waals surface area contributed by atoms with Crippen LogP contribution in [0.2, 0.25) is 0 Å². The zero-order valence-corrected chi connectivity index (χ0v) is 12.9. The maximum absolute atomic E-state index is 12.3. The van der Waals surface area contributed by atoms with Gasteiger partial charge in [-0.25, -0.2) is 0 Å². The van der Waals surface area contributed by atoms with Crippen molar-refractivity contribution in [2.45, 2.75) is 19.5 Å². The van der Waals surface area contributed by atoms with Crippen molar-refractivity contribution in [1.29, 1.82) is 0 Å². The number of amides is 1. The number of hydrogen-bond donors (Lipinski definition) is 1. The molecular formula is C19H18N2O2. The first-order chi connectivity index (χ1) is 11.1. The maximum Gasteiger partial charge on any atom is 0.240 e. The fourth-order valence-corrected chi connectivity index (χ4v) is 2.66. The van der Waals surface area contributed by atoms with E-state index in [1.807, 2.05) is 55.5 Å². The normalized spacial score (nSPS) is 12.0. The zero-order chi connectivity index (χ0) is 16.2. The van der Waals surface area contributed by atoms with E-state index in [0.717, 1.165) is 11.1 Å². The highest BCUT2D eigenvalue weighted by Gasteiger charge is 2.11. The number of nitrogens with one attached hydrogen (secondary N) is 1. The zero-order valence-electron chi connectivity index (χ0n) is 12.9. The molecule has 0 saturated heterocycles. The highest BCUT2D eigenvalue weighted by Crippen LogP contribution is 2.12. The standard InChI is InChI=1S/C19H18N2O2/c1-14(15-7-3-2-4-8-15)20-19(23)13-21-12-11-18(22)16-9-5-6-10-17(16)21/h2-12,14H,13H2,1H3,(H,20,23). The third kappa shape index (κ3) is 3.31. The molecule has 0 aliphatic rings. The van der Waals surface area contributed by atoms with Crippen molar-refractivity contribution in [2.75, 3.05) is 0 Å². The minimum Gasteiger partial charge on any atom is -0.348 e. The summed E-state index contributed by atoms with van der Waals surface area (Å²) in [6.45, 7) is 2.13. The molecule has 0 saturated carbocycles. The summed E-state index contributed by atoms with van der Waals surface area (Å²) < 4.78 is 1.80. The van der Waals surface area contributed by atoms with E-state index in [4.69, 9.17) is 0 Å². The molecule has 1 atom stereocenters. The summed E-state index contributed by atoms with van der Waals surface area (Å²) in [4.78, 5) is 24.2. The second-order valence-corrected chi connectivity index (χ2v) is 5.52. The maximum atomic E-state index is 12.3. The first-order valence-electron chi connectivity index (χ1n) is 7.57. The molecular weight excluding hydrogens is 288 g/mol. The van der Waals surface area contributed by atoms with Crippen LogP contribution in [-0.2, 0) is 11.3 Å². The number of carbonyl (C=O) groups is 1. The van der Waals surface area contributed by atoms with Crippen LogP contribution in [-0.4, -0.2) is 10.5 Å². The summed E-state index contributed by atoms with van der Waals surface area (Å²) in [6, 6.07) is 18.6. The van der Waals surface area contributed by atoms with Gasteiger partial charge >= 0.3 is 0 Å². The number of hydrogen-bond acceptors (Lipinski definition) is 2. The topological polar surface area (TPSA) is 51.1 Å². The minimum absolute atomic E-state index is 0.0325. The van der Waals surface area contributed by atoms with E-state index >= 15 is 0 Å². The van der Waals surface area contributed by atoms with Crippen molar-refractivity contribution in [1.82, 2.24) is 9.88 Å². The van der Waals surface area contributed by atoms with Crippen molar-refractivity contribution < 1.29 is 4.79 Å². The molecule has 0 radical (unpaired) electrons. The Labute approximate surface area is 134 Å². The van der Waals surface area contributed by atoms with E-state index in [0.29, 0.717) is 5.39 Å². The molecule has 1 unspecified atom stereocenters. The van der Waals surface area contributed by atoms with Gasteiger partial charge in [-0.2, -0.15) is 0 Å². The summed E-state index contributed by atoms with van der Waals surface area (Å²) in [5, 5.41) is 3.61. The van der Waals surface area contributed by atoms with E-state index in [2.05, 4.69) is 5.32 Å². The number of pyridine rings is 1. The molecule has 0 aliphatic carbocycles. The largest absolute Gasteiger partial charge is 0.348 e. The Bertz CT molecular complexity index is 885. The van der Waals surface area contributed by atoms with Gasteiger partial charge in [-0.1, -0.05) is 42.5 Å². The van der Waals surface area contributed by atoms with Crippen molar-refractivity contribution in [3.63, 3.8) is 0 Å². The first kappa shape index (κ1) is 15.0. The molecule has 116 valence electrons. The van der Waals surface area contributed by atoms with E-state index in [-0.39, 0.29) is 23.9 Å². The SMILES string of the molecule is CC(NC(=O)Cn1ccc(=O)c2ccccc21)c1ccccc1. The third-order valence-corrected chi connectivity index (χ3v) is 3.88. The van der Waals surface area contributed by atoms with Crippen LogP contribution in [0.4, 0.5) is 0 Å². The lowest BCUT2D eigenvalue weighted by Crippen LogP contribution is -2.30. The van der Waals surface area contributed by atoms with Gasteiger partial charge in [0.15, 0.2) is 5.43 Å². The van der Waals surface area contributed by atoms with Gasteiger partial charge in [0.25, 0.3) is 0 Å². The van der Waals surface area contributed by atoms with Crippen molar-refractivity contribution >= 4 is 16.8 Å². The molecule has 0 fully saturated rings. The Balaban J connectivity index is 1.79. The predicted octanol–water partition coefficient (Wildman–Crippen LogP) is 2.88. The van der Waals surface area contributed by atoms with Crippen LogP contribution in [0.3, 0.4) is 0 Å². The van der Waals surface area contributed by atoms with Gasteiger partial charge in [-0.15, -0.1) is 0 Å². The van der Waals surface area contributed by atoms with E-state index < -0.39 is 0 Å². The van der Waals surface area contributed by atoms with Crippen LogP contribution < -0.4 is 10.7 Å². The van der Waals surface area contributed by atoms with Crippen LogP contribution in [0.15, 0.2) is 71.7 Å². The molecule has 1 N–H and O–H groups in total. The summed E-state index contributed by atoms with van der Waals surface area (Å²) in [5.41, 5.74) is 1.79. The molecule has 0 aliphatic heterocycles. The number of rotatable bonds is 4. The lowest BCUT2D eigenvalue weighted by Gasteiger charge is -2.16. The van der Waals surface area contributed by atoms with Crippen LogP contribution in [0.5, 0.6) is 0 Å². The molecule has 4 heteroatoms. The molecule has 23 heavy (non-hydrogen) atoms. The summed E-state index contributed by atoms with van der Waals surface area (Å²) in [6.07, 6.45) is 1.66. The number of carbonyl (C=O) groups excluding carboxylic acids is 1. The monoisotopic (exact) mass is 306 g/mol. The Hall–Kier alpha value is -2.88. The highest BCUT2D eigenvalue weighted by molar-refractivity contribution is 5.82. The summed E-state index contributed by atoms with van der Waals surface area (Å²) in [5.74, 6) is -0.0878. The van der Waals surface area contributed by atoms with Crippen LogP contribution in [0.1, 0.15) is 18.5 Å². The average Bonchev–Trinajstić information content (AvgIpc) is 2.58. The lowest BCUT2D eigenvalue weighted by molar-refractivity contribution is -0.122. The summed E-state index contributed by atoms with van der Waals surface area (Å²) >= 11 is 0. The number of benzene rings is 2. The van der Waals surface area contributed by atoms with Crippen LogP contribution >= 0.6 is 0 Å². The number of nitrogens with zero attached hydrogens (tertiary/aromatic N) is 1. The molecule has 0 bridgehead atoms. The lowest BCUT2D eigenvalue weighted by atomic mass is 10.1. The third-order valence-electron chi connectivity index (χ3n) is 3.88. The molecule has 4 nitrogen and oxygen atoms in total.